The van der Waals surface area contributed by atoms with Crippen LogP contribution in [0, 0.1) is 6.92 Å². The smallest absolute Gasteiger partial charge is 0.172 e. The minimum absolute atomic E-state index is 0.765. The monoisotopic (exact) mass is 299 g/mol. The first kappa shape index (κ1) is 13.8. The Labute approximate surface area is 127 Å². The quantitative estimate of drug-likeness (QED) is 0.787. The standard InChI is InChI=1S/C16H17N3OS/c1-4-17-15-12-9-11(20-3)6-7-13(12)18-16(19-15)14-8-5-10(2)21-14/h5-9H,4H2,1-3H3,(H,17,18,19). The first-order chi connectivity index (χ1) is 10.2. The minimum Gasteiger partial charge on any atom is -0.497 e. The second kappa shape index (κ2) is 5.69. The zero-order chi connectivity index (χ0) is 14.8. The maximum Gasteiger partial charge on any atom is 0.172 e. The fourth-order valence-electron chi connectivity index (χ4n) is 2.20. The molecular formula is C16H17N3OS. The van der Waals surface area contributed by atoms with E-state index in [1.807, 2.05) is 18.2 Å². The summed E-state index contributed by atoms with van der Waals surface area (Å²) in [6.07, 6.45) is 0. The largest absolute Gasteiger partial charge is 0.497 e. The van der Waals surface area contributed by atoms with Crippen molar-refractivity contribution in [3.8, 4) is 16.5 Å². The minimum atomic E-state index is 0.765. The lowest BCUT2D eigenvalue weighted by Gasteiger charge is -2.10. The predicted molar refractivity (Wildman–Crippen MR) is 88.3 cm³/mol. The van der Waals surface area contributed by atoms with Crippen molar-refractivity contribution in [1.82, 2.24) is 9.97 Å². The molecule has 0 radical (unpaired) electrons. The molecule has 0 unspecified atom stereocenters. The molecule has 0 spiro atoms. The molecule has 21 heavy (non-hydrogen) atoms. The summed E-state index contributed by atoms with van der Waals surface area (Å²) in [5.74, 6) is 2.43. The van der Waals surface area contributed by atoms with Crippen molar-refractivity contribution in [2.24, 2.45) is 0 Å². The third-order valence-corrected chi connectivity index (χ3v) is 4.20. The van der Waals surface area contributed by atoms with E-state index in [0.717, 1.165) is 39.7 Å². The summed E-state index contributed by atoms with van der Waals surface area (Å²) in [7, 11) is 1.66. The molecule has 0 amide bonds. The van der Waals surface area contributed by atoms with Crippen LogP contribution in [-0.4, -0.2) is 23.6 Å². The van der Waals surface area contributed by atoms with Gasteiger partial charge in [-0.3, -0.25) is 0 Å². The Morgan fingerprint density at radius 1 is 1.19 bits per heavy atom. The number of aryl methyl sites for hydroxylation is 1. The lowest BCUT2D eigenvalue weighted by molar-refractivity contribution is 0.415. The van der Waals surface area contributed by atoms with Gasteiger partial charge in [-0.2, -0.15) is 0 Å². The third-order valence-electron chi connectivity index (χ3n) is 3.21. The van der Waals surface area contributed by atoms with Crippen molar-refractivity contribution < 1.29 is 4.74 Å². The molecule has 0 atom stereocenters. The summed E-state index contributed by atoms with van der Waals surface area (Å²) in [4.78, 5) is 11.7. The lowest BCUT2D eigenvalue weighted by Crippen LogP contribution is -2.02. The van der Waals surface area contributed by atoms with E-state index in [0.29, 0.717) is 0 Å². The average molecular weight is 299 g/mol. The maximum absolute atomic E-state index is 5.29. The van der Waals surface area contributed by atoms with Gasteiger partial charge >= 0.3 is 0 Å². The van der Waals surface area contributed by atoms with Gasteiger partial charge in [-0.05, 0) is 44.2 Å². The molecule has 1 aromatic carbocycles. The number of ether oxygens (including phenoxy) is 1. The van der Waals surface area contributed by atoms with E-state index in [-0.39, 0.29) is 0 Å². The fraction of sp³-hybridized carbons (Fsp3) is 0.250. The van der Waals surface area contributed by atoms with Gasteiger partial charge in [0, 0.05) is 16.8 Å². The molecule has 0 aliphatic carbocycles. The predicted octanol–water partition coefficient (Wildman–Crippen LogP) is 4.11. The molecule has 5 heteroatoms. The van der Waals surface area contributed by atoms with Crippen molar-refractivity contribution in [3.05, 3.63) is 35.2 Å². The van der Waals surface area contributed by atoms with Crippen molar-refractivity contribution in [1.29, 1.82) is 0 Å². The van der Waals surface area contributed by atoms with Gasteiger partial charge in [0.25, 0.3) is 0 Å². The molecule has 3 aromatic rings. The average Bonchev–Trinajstić information content (AvgIpc) is 2.93. The molecule has 0 bridgehead atoms. The Hall–Kier alpha value is -2.14. The summed E-state index contributed by atoms with van der Waals surface area (Å²) in [5, 5.41) is 4.30. The summed E-state index contributed by atoms with van der Waals surface area (Å²) < 4.78 is 5.29. The number of nitrogens with one attached hydrogen (secondary N) is 1. The van der Waals surface area contributed by atoms with Crippen LogP contribution in [-0.2, 0) is 0 Å². The number of thiophene rings is 1. The van der Waals surface area contributed by atoms with E-state index in [1.54, 1.807) is 18.4 Å². The normalized spacial score (nSPS) is 10.8. The van der Waals surface area contributed by atoms with Crippen LogP contribution in [0.1, 0.15) is 11.8 Å². The number of nitrogens with zero attached hydrogens (tertiary/aromatic N) is 2. The molecule has 0 saturated carbocycles. The van der Waals surface area contributed by atoms with Crippen LogP contribution >= 0.6 is 11.3 Å². The van der Waals surface area contributed by atoms with Crippen molar-refractivity contribution >= 4 is 28.1 Å². The summed E-state index contributed by atoms with van der Waals surface area (Å²) >= 11 is 1.71. The van der Waals surface area contributed by atoms with Gasteiger partial charge in [0.1, 0.15) is 11.6 Å². The van der Waals surface area contributed by atoms with E-state index < -0.39 is 0 Å². The molecule has 2 aromatic heterocycles. The molecule has 4 nitrogen and oxygen atoms in total. The van der Waals surface area contributed by atoms with E-state index in [4.69, 9.17) is 4.74 Å². The van der Waals surface area contributed by atoms with E-state index >= 15 is 0 Å². The maximum atomic E-state index is 5.29. The highest BCUT2D eigenvalue weighted by Crippen LogP contribution is 2.30. The van der Waals surface area contributed by atoms with Crippen molar-refractivity contribution in [2.75, 3.05) is 19.0 Å². The molecule has 2 heterocycles. The van der Waals surface area contributed by atoms with E-state index in [2.05, 4.69) is 41.3 Å². The molecule has 0 fully saturated rings. The molecule has 108 valence electrons. The molecule has 3 rings (SSSR count). The number of anilines is 1. The summed E-state index contributed by atoms with van der Waals surface area (Å²) in [6.45, 7) is 4.96. The lowest BCUT2D eigenvalue weighted by atomic mass is 10.2. The topological polar surface area (TPSA) is 47.0 Å². The number of benzene rings is 1. The first-order valence-corrected chi connectivity index (χ1v) is 7.69. The summed E-state index contributed by atoms with van der Waals surface area (Å²) in [5.41, 5.74) is 0.919. The highest BCUT2D eigenvalue weighted by molar-refractivity contribution is 7.15. The second-order valence-corrected chi connectivity index (χ2v) is 6.01. The van der Waals surface area contributed by atoms with Crippen LogP contribution in [0.4, 0.5) is 5.82 Å². The molecule has 0 aliphatic heterocycles. The number of aromatic nitrogens is 2. The van der Waals surface area contributed by atoms with Crippen LogP contribution in [0.2, 0.25) is 0 Å². The van der Waals surface area contributed by atoms with E-state index in [9.17, 15) is 0 Å². The molecule has 0 aliphatic rings. The second-order valence-electron chi connectivity index (χ2n) is 4.72. The number of hydrogen-bond acceptors (Lipinski definition) is 5. The fourth-order valence-corrected chi connectivity index (χ4v) is 3.00. The Morgan fingerprint density at radius 2 is 2.05 bits per heavy atom. The van der Waals surface area contributed by atoms with Crippen molar-refractivity contribution in [3.63, 3.8) is 0 Å². The molecule has 0 saturated heterocycles. The van der Waals surface area contributed by atoms with Gasteiger partial charge in [0.05, 0.1) is 17.5 Å². The number of fused-ring (bicyclic) bond motifs is 1. The number of hydrogen-bond donors (Lipinski definition) is 1. The van der Waals surface area contributed by atoms with Crippen LogP contribution in [0.3, 0.4) is 0 Å². The summed E-state index contributed by atoms with van der Waals surface area (Å²) in [6, 6.07) is 10.0. The zero-order valence-corrected chi connectivity index (χ0v) is 13.1. The van der Waals surface area contributed by atoms with Gasteiger partial charge in [-0.15, -0.1) is 11.3 Å². The molecular weight excluding hydrogens is 282 g/mol. The van der Waals surface area contributed by atoms with Gasteiger partial charge in [0.2, 0.25) is 0 Å². The first-order valence-electron chi connectivity index (χ1n) is 6.87. The Morgan fingerprint density at radius 3 is 2.71 bits per heavy atom. The Kier molecular flexibility index (Phi) is 3.75. The highest BCUT2D eigenvalue weighted by atomic mass is 32.1. The highest BCUT2D eigenvalue weighted by Gasteiger charge is 2.11. The van der Waals surface area contributed by atoms with Gasteiger partial charge in [0.15, 0.2) is 5.82 Å². The molecule has 1 N–H and O–H groups in total. The van der Waals surface area contributed by atoms with Gasteiger partial charge < -0.3 is 10.1 Å². The van der Waals surface area contributed by atoms with E-state index in [1.165, 1.54) is 4.88 Å². The van der Waals surface area contributed by atoms with Crippen molar-refractivity contribution in [2.45, 2.75) is 13.8 Å². The van der Waals surface area contributed by atoms with Crippen LogP contribution < -0.4 is 10.1 Å². The zero-order valence-electron chi connectivity index (χ0n) is 12.3. The number of rotatable bonds is 4. The number of methoxy groups -OCH3 is 1. The van der Waals surface area contributed by atoms with Gasteiger partial charge in [-0.1, -0.05) is 0 Å². The van der Waals surface area contributed by atoms with Crippen LogP contribution in [0.5, 0.6) is 5.75 Å². The van der Waals surface area contributed by atoms with Crippen LogP contribution in [0.15, 0.2) is 30.3 Å². The Bertz CT molecular complexity index is 782. The van der Waals surface area contributed by atoms with Crippen LogP contribution in [0.25, 0.3) is 21.6 Å². The van der Waals surface area contributed by atoms with Gasteiger partial charge in [-0.25, -0.2) is 9.97 Å². The Balaban J connectivity index is 2.20. The SMILES string of the molecule is CCNc1nc(-c2ccc(C)s2)nc2ccc(OC)cc12. The third kappa shape index (κ3) is 2.69.